The van der Waals surface area contributed by atoms with Crippen LogP contribution in [0.25, 0.3) is 0 Å². The van der Waals surface area contributed by atoms with E-state index in [1.54, 1.807) is 19.1 Å². The quantitative estimate of drug-likeness (QED) is 0.738. The predicted octanol–water partition coefficient (Wildman–Crippen LogP) is 2.80. The Labute approximate surface area is 163 Å². The van der Waals surface area contributed by atoms with Crippen molar-refractivity contribution in [1.29, 1.82) is 0 Å². The molecular weight excluding hydrogens is 366 g/mol. The van der Waals surface area contributed by atoms with Crippen LogP contribution in [0.1, 0.15) is 22.8 Å². The van der Waals surface area contributed by atoms with E-state index in [1.165, 1.54) is 6.20 Å². The summed E-state index contributed by atoms with van der Waals surface area (Å²) in [7, 11) is 0. The van der Waals surface area contributed by atoms with Gasteiger partial charge in [-0.2, -0.15) is 0 Å². The number of hydrogen-bond acceptors (Lipinski definition) is 5. The van der Waals surface area contributed by atoms with E-state index in [-0.39, 0.29) is 11.9 Å². The van der Waals surface area contributed by atoms with Gasteiger partial charge in [0.25, 0.3) is 0 Å². The Bertz CT molecular complexity index is 802. The Balaban J connectivity index is 1.55. The molecule has 0 saturated carbocycles. The van der Waals surface area contributed by atoms with Crippen molar-refractivity contribution < 1.29 is 14.3 Å². The lowest BCUT2D eigenvalue weighted by molar-refractivity contribution is -0.130. The predicted molar refractivity (Wildman–Crippen MR) is 104 cm³/mol. The first-order valence-corrected chi connectivity index (χ1v) is 9.35. The van der Waals surface area contributed by atoms with Gasteiger partial charge in [0.2, 0.25) is 5.91 Å². The number of esters is 1. The molecule has 1 aromatic carbocycles. The maximum Gasteiger partial charge on any atom is 0.339 e. The van der Waals surface area contributed by atoms with E-state index in [4.69, 9.17) is 16.3 Å². The summed E-state index contributed by atoms with van der Waals surface area (Å²) in [4.78, 5) is 32.5. The molecule has 3 rings (SSSR count). The summed E-state index contributed by atoms with van der Waals surface area (Å²) < 4.78 is 4.96. The number of anilines is 1. The highest BCUT2D eigenvalue weighted by atomic mass is 35.5. The van der Waals surface area contributed by atoms with E-state index in [1.807, 2.05) is 29.2 Å². The molecular formula is C20H22ClN3O3. The van der Waals surface area contributed by atoms with Crippen molar-refractivity contribution in [2.75, 3.05) is 37.7 Å². The molecule has 142 valence electrons. The van der Waals surface area contributed by atoms with E-state index in [2.05, 4.69) is 9.88 Å². The summed E-state index contributed by atoms with van der Waals surface area (Å²) in [6.07, 6.45) is 1.84. The molecule has 0 radical (unpaired) electrons. The number of nitrogens with zero attached hydrogens (tertiary/aromatic N) is 3. The second-order valence-corrected chi connectivity index (χ2v) is 6.67. The molecule has 2 heterocycles. The Morgan fingerprint density at radius 3 is 2.48 bits per heavy atom. The molecule has 0 atom stereocenters. The summed E-state index contributed by atoms with van der Waals surface area (Å²) in [5, 5.41) is 0.621. The Morgan fingerprint density at radius 2 is 1.85 bits per heavy atom. The third-order valence-corrected chi connectivity index (χ3v) is 4.88. The Morgan fingerprint density at radius 1 is 1.11 bits per heavy atom. The summed E-state index contributed by atoms with van der Waals surface area (Å²) in [6.45, 7) is 4.76. The number of carbonyl (C=O) groups is 2. The maximum atomic E-state index is 12.5. The van der Waals surface area contributed by atoms with Crippen LogP contribution in [-0.2, 0) is 16.0 Å². The van der Waals surface area contributed by atoms with Gasteiger partial charge in [0.05, 0.1) is 18.6 Å². The van der Waals surface area contributed by atoms with Crippen molar-refractivity contribution in [3.8, 4) is 0 Å². The Kier molecular flexibility index (Phi) is 6.29. The second kappa shape index (κ2) is 8.86. The fraction of sp³-hybridized carbons (Fsp3) is 0.350. The molecule has 0 bridgehead atoms. The molecule has 1 fully saturated rings. The van der Waals surface area contributed by atoms with Crippen LogP contribution >= 0.6 is 11.6 Å². The normalized spacial score (nSPS) is 14.1. The van der Waals surface area contributed by atoms with E-state index < -0.39 is 0 Å². The monoisotopic (exact) mass is 387 g/mol. The number of amides is 1. The maximum absolute atomic E-state index is 12.5. The fourth-order valence-corrected chi connectivity index (χ4v) is 3.21. The topological polar surface area (TPSA) is 62.7 Å². The van der Waals surface area contributed by atoms with Gasteiger partial charge in [-0.25, -0.2) is 9.78 Å². The average molecular weight is 388 g/mol. The summed E-state index contributed by atoms with van der Waals surface area (Å²) in [5.41, 5.74) is 1.29. The van der Waals surface area contributed by atoms with Crippen LogP contribution in [-0.4, -0.2) is 54.5 Å². The van der Waals surface area contributed by atoms with Gasteiger partial charge >= 0.3 is 5.97 Å². The van der Waals surface area contributed by atoms with Gasteiger partial charge in [0.1, 0.15) is 5.82 Å². The molecule has 1 amide bonds. The van der Waals surface area contributed by atoms with Crippen LogP contribution in [0, 0.1) is 0 Å². The molecule has 1 aromatic heterocycles. The highest BCUT2D eigenvalue weighted by Crippen LogP contribution is 2.18. The molecule has 0 N–H and O–H groups in total. The van der Waals surface area contributed by atoms with E-state index >= 15 is 0 Å². The number of piperazine rings is 1. The van der Waals surface area contributed by atoms with Gasteiger partial charge in [-0.15, -0.1) is 0 Å². The third-order valence-electron chi connectivity index (χ3n) is 4.51. The van der Waals surface area contributed by atoms with Crippen molar-refractivity contribution >= 4 is 29.3 Å². The first-order valence-electron chi connectivity index (χ1n) is 8.97. The number of aromatic nitrogens is 1. The summed E-state index contributed by atoms with van der Waals surface area (Å²) in [5.74, 6) is 0.501. The van der Waals surface area contributed by atoms with Crippen molar-refractivity contribution in [1.82, 2.24) is 9.88 Å². The molecule has 0 unspecified atom stereocenters. The van der Waals surface area contributed by atoms with Crippen molar-refractivity contribution in [2.24, 2.45) is 0 Å². The van der Waals surface area contributed by atoms with Gasteiger partial charge in [-0.3, -0.25) is 4.79 Å². The van der Waals surface area contributed by atoms with Gasteiger partial charge < -0.3 is 14.5 Å². The van der Waals surface area contributed by atoms with E-state index in [0.29, 0.717) is 49.8 Å². The van der Waals surface area contributed by atoms with Crippen molar-refractivity contribution in [3.05, 3.63) is 58.7 Å². The van der Waals surface area contributed by atoms with Crippen LogP contribution in [0.5, 0.6) is 0 Å². The van der Waals surface area contributed by atoms with Crippen LogP contribution < -0.4 is 4.90 Å². The summed E-state index contributed by atoms with van der Waals surface area (Å²) >= 11 is 6.15. The number of rotatable bonds is 5. The van der Waals surface area contributed by atoms with Gasteiger partial charge in [-0.05, 0) is 30.7 Å². The first-order chi connectivity index (χ1) is 13.1. The number of ether oxygens (including phenoxy) is 1. The minimum Gasteiger partial charge on any atom is -0.462 e. The molecule has 27 heavy (non-hydrogen) atoms. The largest absolute Gasteiger partial charge is 0.462 e. The number of hydrogen-bond donors (Lipinski definition) is 0. The highest BCUT2D eigenvalue weighted by molar-refractivity contribution is 6.31. The number of halogens is 1. The van der Waals surface area contributed by atoms with Gasteiger partial charge in [0, 0.05) is 37.4 Å². The smallest absolute Gasteiger partial charge is 0.339 e. The molecule has 1 aliphatic heterocycles. The lowest BCUT2D eigenvalue weighted by Crippen LogP contribution is -2.49. The number of carbonyl (C=O) groups excluding carboxylic acids is 2. The third kappa shape index (κ3) is 4.77. The zero-order chi connectivity index (χ0) is 19.2. The van der Waals surface area contributed by atoms with Gasteiger partial charge in [0.15, 0.2) is 0 Å². The minimum atomic E-state index is -0.369. The highest BCUT2D eigenvalue weighted by Gasteiger charge is 2.22. The standard InChI is InChI=1S/C20H22ClN3O3/c1-2-27-20(26)16-7-8-18(22-14-16)23-9-11-24(12-10-23)19(25)13-15-5-3-4-6-17(15)21/h3-8,14H,2,9-13H2,1H3. The SMILES string of the molecule is CCOC(=O)c1ccc(N2CCN(C(=O)Cc3ccccc3Cl)CC2)nc1. The molecule has 6 nitrogen and oxygen atoms in total. The number of benzene rings is 1. The zero-order valence-electron chi connectivity index (χ0n) is 15.2. The zero-order valence-corrected chi connectivity index (χ0v) is 16.0. The molecule has 0 aliphatic carbocycles. The van der Waals surface area contributed by atoms with Crippen LogP contribution in [0.2, 0.25) is 5.02 Å². The fourth-order valence-electron chi connectivity index (χ4n) is 3.01. The number of pyridine rings is 1. The second-order valence-electron chi connectivity index (χ2n) is 6.26. The van der Waals surface area contributed by atoms with Gasteiger partial charge in [-0.1, -0.05) is 29.8 Å². The van der Waals surface area contributed by atoms with Crippen LogP contribution in [0.4, 0.5) is 5.82 Å². The molecule has 0 spiro atoms. The molecule has 2 aromatic rings. The molecule has 7 heteroatoms. The Hall–Kier alpha value is -2.60. The lowest BCUT2D eigenvalue weighted by Gasteiger charge is -2.35. The minimum absolute atomic E-state index is 0.0772. The van der Waals surface area contributed by atoms with Crippen molar-refractivity contribution in [2.45, 2.75) is 13.3 Å². The average Bonchev–Trinajstić information content (AvgIpc) is 2.70. The molecule has 1 saturated heterocycles. The van der Waals surface area contributed by atoms with E-state index in [9.17, 15) is 9.59 Å². The van der Waals surface area contributed by atoms with E-state index in [0.717, 1.165) is 11.4 Å². The van der Waals surface area contributed by atoms with Crippen LogP contribution in [0.15, 0.2) is 42.6 Å². The summed E-state index contributed by atoms with van der Waals surface area (Å²) in [6, 6.07) is 11.0. The van der Waals surface area contributed by atoms with Crippen LogP contribution in [0.3, 0.4) is 0 Å². The lowest BCUT2D eigenvalue weighted by atomic mass is 10.1. The van der Waals surface area contributed by atoms with Crippen molar-refractivity contribution in [3.63, 3.8) is 0 Å². The first kappa shape index (κ1) is 19.2. The molecule has 1 aliphatic rings.